The van der Waals surface area contributed by atoms with Gasteiger partial charge < -0.3 is 5.73 Å². The summed E-state index contributed by atoms with van der Waals surface area (Å²) in [6.45, 7) is 0.691. The highest BCUT2D eigenvalue weighted by atomic mass is 14.5. The van der Waals surface area contributed by atoms with Gasteiger partial charge in [0.05, 0.1) is 0 Å². The first-order valence-corrected chi connectivity index (χ1v) is 2.56. The van der Waals surface area contributed by atoms with Gasteiger partial charge in [0.2, 0.25) is 0 Å². The van der Waals surface area contributed by atoms with Crippen LogP contribution in [0.4, 0.5) is 0 Å². The number of hydrogen-bond acceptors (Lipinski definition) is 1. The molecule has 0 atom stereocenters. The maximum atomic E-state index is 5.31. The van der Waals surface area contributed by atoms with Gasteiger partial charge >= 0.3 is 0 Å². The van der Waals surface area contributed by atoms with Crippen LogP contribution >= 0.6 is 0 Å². The van der Waals surface area contributed by atoms with Crippen LogP contribution in [0.25, 0.3) is 0 Å². The first-order valence-electron chi connectivity index (χ1n) is 2.56. The van der Waals surface area contributed by atoms with Crippen molar-refractivity contribution in [1.82, 2.24) is 0 Å². The zero-order valence-corrected chi connectivity index (χ0v) is 4.28. The van der Waals surface area contributed by atoms with E-state index in [0.717, 1.165) is 12.8 Å². The standard InChI is InChI=1S/C6H9N/c7-5-6-3-1-2-4-6/h1H,2,4-5,7H2. The third-order valence-electron chi connectivity index (χ3n) is 1.14. The van der Waals surface area contributed by atoms with Crippen LogP contribution in [0, 0.1) is 0 Å². The van der Waals surface area contributed by atoms with E-state index in [9.17, 15) is 0 Å². The molecule has 0 radical (unpaired) electrons. The molecule has 0 spiro atoms. The molecule has 1 aliphatic carbocycles. The monoisotopic (exact) mass is 95.1 g/mol. The van der Waals surface area contributed by atoms with E-state index in [1.54, 1.807) is 0 Å². The van der Waals surface area contributed by atoms with Crippen molar-refractivity contribution in [3.05, 3.63) is 17.4 Å². The fraction of sp³-hybridized carbons (Fsp3) is 0.500. The molecule has 0 aromatic carbocycles. The summed E-state index contributed by atoms with van der Waals surface area (Å²) < 4.78 is 0. The Bertz CT molecular complexity index is 114. The molecule has 0 fully saturated rings. The molecule has 0 bridgehead atoms. The molecule has 0 saturated heterocycles. The van der Waals surface area contributed by atoms with Crippen molar-refractivity contribution in [1.29, 1.82) is 0 Å². The summed E-state index contributed by atoms with van der Waals surface area (Å²) in [6, 6.07) is 0. The van der Waals surface area contributed by atoms with Crippen LogP contribution in [0.1, 0.15) is 12.8 Å². The van der Waals surface area contributed by atoms with Crippen molar-refractivity contribution in [3.8, 4) is 0 Å². The summed E-state index contributed by atoms with van der Waals surface area (Å²) >= 11 is 0. The van der Waals surface area contributed by atoms with Gasteiger partial charge in [-0.25, -0.2) is 0 Å². The topological polar surface area (TPSA) is 26.0 Å². The normalized spacial score (nSPS) is 17.6. The SMILES string of the molecule is NCC1=C=CCC1. The summed E-state index contributed by atoms with van der Waals surface area (Å²) in [7, 11) is 0. The lowest BCUT2D eigenvalue weighted by atomic mass is 10.2. The summed E-state index contributed by atoms with van der Waals surface area (Å²) in [5.41, 5.74) is 9.65. The fourth-order valence-electron chi connectivity index (χ4n) is 0.696. The van der Waals surface area contributed by atoms with Crippen LogP contribution in [0.15, 0.2) is 17.4 Å². The molecule has 0 heterocycles. The Kier molecular flexibility index (Phi) is 1.30. The molecule has 1 nitrogen and oxygen atoms in total. The van der Waals surface area contributed by atoms with E-state index in [2.05, 4.69) is 5.73 Å². The van der Waals surface area contributed by atoms with Gasteiger partial charge in [0.15, 0.2) is 0 Å². The molecular weight excluding hydrogens is 86.1 g/mol. The molecule has 38 valence electrons. The van der Waals surface area contributed by atoms with Crippen molar-refractivity contribution in [3.63, 3.8) is 0 Å². The van der Waals surface area contributed by atoms with E-state index < -0.39 is 0 Å². The lowest BCUT2D eigenvalue weighted by Crippen LogP contribution is -1.99. The van der Waals surface area contributed by atoms with Gasteiger partial charge in [-0.15, -0.1) is 5.73 Å². The zero-order valence-electron chi connectivity index (χ0n) is 4.28. The van der Waals surface area contributed by atoms with Crippen molar-refractivity contribution in [2.24, 2.45) is 5.73 Å². The first-order chi connectivity index (χ1) is 3.43. The predicted molar refractivity (Wildman–Crippen MR) is 29.9 cm³/mol. The average Bonchev–Trinajstić information content (AvgIpc) is 2.14. The highest BCUT2D eigenvalue weighted by molar-refractivity contribution is 5.09. The maximum Gasteiger partial charge on any atom is 0.0213 e. The maximum absolute atomic E-state index is 5.31. The Morgan fingerprint density at radius 1 is 1.86 bits per heavy atom. The molecule has 0 amide bonds. The molecule has 2 N–H and O–H groups in total. The van der Waals surface area contributed by atoms with Crippen LogP contribution < -0.4 is 5.73 Å². The molecule has 0 aromatic rings. The van der Waals surface area contributed by atoms with Gasteiger partial charge in [-0.05, 0) is 24.5 Å². The van der Waals surface area contributed by atoms with Gasteiger partial charge in [-0.2, -0.15) is 0 Å². The Morgan fingerprint density at radius 3 is 3.00 bits per heavy atom. The second kappa shape index (κ2) is 1.97. The molecule has 0 saturated carbocycles. The minimum absolute atomic E-state index is 0.691. The van der Waals surface area contributed by atoms with Crippen molar-refractivity contribution < 1.29 is 0 Å². The fourth-order valence-corrected chi connectivity index (χ4v) is 0.696. The lowest BCUT2D eigenvalue weighted by Gasteiger charge is -1.88. The number of rotatable bonds is 1. The van der Waals surface area contributed by atoms with Crippen molar-refractivity contribution in [2.45, 2.75) is 12.8 Å². The highest BCUT2D eigenvalue weighted by Gasteiger charge is 1.94. The van der Waals surface area contributed by atoms with Gasteiger partial charge in [0, 0.05) is 6.54 Å². The van der Waals surface area contributed by atoms with Gasteiger partial charge in [0.1, 0.15) is 0 Å². The predicted octanol–water partition coefficient (Wildman–Crippen LogP) is 0.820. The number of hydrogen-bond donors (Lipinski definition) is 1. The minimum atomic E-state index is 0.691. The third-order valence-corrected chi connectivity index (χ3v) is 1.14. The van der Waals surface area contributed by atoms with Crippen molar-refractivity contribution >= 4 is 0 Å². The third kappa shape index (κ3) is 0.923. The average molecular weight is 95.1 g/mol. The summed E-state index contributed by atoms with van der Waals surface area (Å²) in [5, 5.41) is 0. The second-order valence-corrected chi connectivity index (χ2v) is 1.69. The second-order valence-electron chi connectivity index (χ2n) is 1.69. The molecule has 1 rings (SSSR count). The van der Waals surface area contributed by atoms with Gasteiger partial charge in [-0.3, -0.25) is 0 Å². The summed E-state index contributed by atoms with van der Waals surface area (Å²) in [5.74, 6) is 0. The van der Waals surface area contributed by atoms with E-state index in [-0.39, 0.29) is 0 Å². The largest absolute Gasteiger partial charge is 0.326 e. The quantitative estimate of drug-likeness (QED) is 0.479. The van der Waals surface area contributed by atoms with E-state index in [1.165, 1.54) is 5.57 Å². The smallest absolute Gasteiger partial charge is 0.0213 e. The van der Waals surface area contributed by atoms with Crippen LogP contribution in [0.5, 0.6) is 0 Å². The van der Waals surface area contributed by atoms with Gasteiger partial charge in [0.25, 0.3) is 0 Å². The van der Waals surface area contributed by atoms with Gasteiger partial charge in [-0.1, -0.05) is 0 Å². The van der Waals surface area contributed by atoms with Crippen molar-refractivity contribution in [2.75, 3.05) is 6.54 Å². The highest BCUT2D eigenvalue weighted by Crippen LogP contribution is 2.07. The number of nitrogens with two attached hydrogens (primary N) is 1. The Morgan fingerprint density at radius 2 is 2.71 bits per heavy atom. The first kappa shape index (κ1) is 4.63. The van der Waals surface area contributed by atoms with E-state index >= 15 is 0 Å². The lowest BCUT2D eigenvalue weighted by molar-refractivity contribution is 0.967. The zero-order chi connectivity index (χ0) is 5.11. The van der Waals surface area contributed by atoms with Crippen LogP contribution in [-0.4, -0.2) is 6.54 Å². The molecule has 0 aromatic heterocycles. The summed E-state index contributed by atoms with van der Waals surface area (Å²) in [6.07, 6.45) is 4.32. The van der Waals surface area contributed by atoms with Crippen LogP contribution in [-0.2, 0) is 0 Å². The van der Waals surface area contributed by atoms with E-state index in [0.29, 0.717) is 6.54 Å². The molecule has 0 unspecified atom stereocenters. The Hall–Kier alpha value is -0.520. The Balaban J connectivity index is 2.54. The molecule has 1 aliphatic rings. The molecule has 7 heavy (non-hydrogen) atoms. The van der Waals surface area contributed by atoms with E-state index in [4.69, 9.17) is 5.73 Å². The van der Waals surface area contributed by atoms with Crippen LogP contribution in [0.2, 0.25) is 0 Å². The van der Waals surface area contributed by atoms with Crippen LogP contribution in [0.3, 0.4) is 0 Å². The molecule has 1 heteroatoms. The Labute approximate surface area is 43.5 Å². The molecular formula is C6H9N. The minimum Gasteiger partial charge on any atom is -0.326 e. The van der Waals surface area contributed by atoms with E-state index in [1.807, 2.05) is 6.08 Å². The molecule has 0 aliphatic heterocycles. The summed E-state index contributed by atoms with van der Waals surface area (Å²) in [4.78, 5) is 0.